The van der Waals surface area contributed by atoms with Gasteiger partial charge in [-0.05, 0) is 74.7 Å². The Morgan fingerprint density at radius 1 is 0.494 bits per heavy atom. The summed E-state index contributed by atoms with van der Waals surface area (Å²) in [5, 5.41) is 40.0. The number of amides is 6. The topological polar surface area (TPSA) is 316 Å². The summed E-state index contributed by atoms with van der Waals surface area (Å²) in [5.74, 6) is -7.71. The van der Waals surface area contributed by atoms with E-state index in [0.29, 0.717) is 24.0 Å². The zero-order valence-electron chi connectivity index (χ0n) is 50.4. The van der Waals surface area contributed by atoms with E-state index in [0.717, 1.165) is 5.56 Å². The molecule has 7 rings (SSSR count). The lowest BCUT2D eigenvalue weighted by Gasteiger charge is -2.33. The number of likely N-dealkylation sites (tertiary alicyclic amines) is 3. The first kappa shape index (κ1) is 66.9. The molecular formula is C60H81B3N6O18. The van der Waals surface area contributed by atoms with Crippen molar-refractivity contribution in [3.63, 3.8) is 0 Å². The van der Waals surface area contributed by atoms with Crippen LogP contribution in [0.2, 0.25) is 19.0 Å². The Morgan fingerprint density at radius 2 is 0.828 bits per heavy atom. The molecule has 0 spiro atoms. The van der Waals surface area contributed by atoms with E-state index in [2.05, 4.69) is 16.0 Å². The number of ether oxygens (including phenoxy) is 3. The Labute approximate surface area is 508 Å². The number of nitrogens with one attached hydrogen (secondary N) is 3. The van der Waals surface area contributed by atoms with E-state index in [1.807, 2.05) is 6.07 Å². The number of carbonyl (C=O) groups excluding carboxylic acids is 6. The SMILES string of the molecule is CC(C)C(=O)N1C[C@H](CCCB2OB(CCC[C@H]3CN(C(=O)C(C)C)C[C@@]3(NC(=O)OCc3ccccc3)C(=O)O)OB(CCC[C@H]3CN(C(=O)[C@H](C)NC(=O)OCc4ccccc4)C[C@@]3(NC(=O)OCc3ccccc3)C(=O)O)O2)[C@](C)(C(=O)O)C1. The fourth-order valence-electron chi connectivity index (χ4n) is 12.1. The largest absolute Gasteiger partial charge is 0.481 e. The highest BCUT2D eigenvalue weighted by atomic mass is 16.7. The predicted octanol–water partition coefficient (Wildman–Crippen LogP) is 6.45. The average Bonchev–Trinajstić information content (AvgIpc) is 1.90. The van der Waals surface area contributed by atoms with Crippen LogP contribution in [-0.4, -0.2) is 162 Å². The van der Waals surface area contributed by atoms with Crippen molar-refractivity contribution in [2.45, 2.75) is 136 Å². The van der Waals surface area contributed by atoms with Crippen LogP contribution in [0.5, 0.6) is 0 Å². The summed E-state index contributed by atoms with van der Waals surface area (Å²) in [6.45, 7) is 9.11. The fourth-order valence-corrected chi connectivity index (χ4v) is 12.1. The van der Waals surface area contributed by atoms with Crippen molar-refractivity contribution >= 4 is 75.3 Å². The van der Waals surface area contributed by atoms with Crippen molar-refractivity contribution in [3.8, 4) is 0 Å². The number of carbonyl (C=O) groups is 9. The Hall–Kier alpha value is -7.64. The Balaban J connectivity index is 1.07. The number of nitrogens with zero attached hydrogens (tertiary/aromatic N) is 3. The van der Waals surface area contributed by atoms with E-state index in [4.69, 9.17) is 27.9 Å². The molecular weight excluding hydrogens is 1130 g/mol. The molecule has 4 heterocycles. The molecule has 6 N–H and O–H groups in total. The summed E-state index contributed by atoms with van der Waals surface area (Å²) < 4.78 is 35.6. The van der Waals surface area contributed by atoms with E-state index < -0.39 is 110 Å². The first-order chi connectivity index (χ1) is 41.4. The van der Waals surface area contributed by atoms with Crippen molar-refractivity contribution in [2.75, 3.05) is 39.3 Å². The van der Waals surface area contributed by atoms with Gasteiger partial charge in [0.2, 0.25) is 17.7 Å². The van der Waals surface area contributed by atoms with Gasteiger partial charge in [0, 0.05) is 49.9 Å². The molecule has 4 aliphatic heterocycles. The number of benzene rings is 3. The van der Waals surface area contributed by atoms with Crippen LogP contribution >= 0.6 is 0 Å². The van der Waals surface area contributed by atoms with Gasteiger partial charge in [0.25, 0.3) is 0 Å². The molecule has 0 aromatic heterocycles. The number of carboxylic acids is 3. The molecule has 4 fully saturated rings. The third-order valence-corrected chi connectivity index (χ3v) is 17.1. The first-order valence-corrected chi connectivity index (χ1v) is 29.9. The molecule has 0 radical (unpaired) electrons. The summed E-state index contributed by atoms with van der Waals surface area (Å²) >= 11 is 0. The van der Waals surface area contributed by atoms with Gasteiger partial charge in [-0.15, -0.1) is 0 Å². The van der Waals surface area contributed by atoms with Crippen LogP contribution < -0.4 is 16.0 Å². The van der Waals surface area contributed by atoms with E-state index >= 15 is 0 Å². The van der Waals surface area contributed by atoms with Gasteiger partial charge in [0.05, 0.1) is 18.5 Å². The third-order valence-electron chi connectivity index (χ3n) is 17.1. The van der Waals surface area contributed by atoms with Crippen molar-refractivity contribution in [3.05, 3.63) is 108 Å². The van der Waals surface area contributed by atoms with Gasteiger partial charge in [0.15, 0.2) is 11.1 Å². The normalized spacial score (nSPS) is 23.1. The molecule has 4 saturated heterocycles. The van der Waals surface area contributed by atoms with Crippen molar-refractivity contribution in [2.24, 2.45) is 35.0 Å². The zero-order chi connectivity index (χ0) is 63.1. The van der Waals surface area contributed by atoms with Gasteiger partial charge in [-0.1, -0.05) is 138 Å². The smallest absolute Gasteiger partial charge is 0.429 e. The van der Waals surface area contributed by atoms with Gasteiger partial charge >= 0.3 is 57.5 Å². The lowest BCUT2D eigenvalue weighted by Crippen LogP contribution is -2.60. The van der Waals surface area contributed by atoms with E-state index in [1.165, 1.54) is 16.7 Å². The summed E-state index contributed by atoms with van der Waals surface area (Å²) in [6, 6.07) is 25.4. The predicted molar refractivity (Wildman–Crippen MR) is 318 cm³/mol. The van der Waals surface area contributed by atoms with Crippen molar-refractivity contribution in [1.82, 2.24) is 30.7 Å². The molecule has 7 atom stereocenters. The summed E-state index contributed by atoms with van der Waals surface area (Å²) in [6.07, 6.45) is -0.634. The fraction of sp³-hybridized carbons (Fsp3) is 0.550. The minimum Gasteiger partial charge on any atom is -0.481 e. The molecule has 4 aliphatic rings. The van der Waals surface area contributed by atoms with Gasteiger partial charge in [0.1, 0.15) is 25.9 Å². The summed E-state index contributed by atoms with van der Waals surface area (Å²) in [5.41, 5.74) is -3.13. The highest BCUT2D eigenvalue weighted by Gasteiger charge is 2.57. The molecule has 27 heteroatoms. The summed E-state index contributed by atoms with van der Waals surface area (Å²) in [7, 11) is -2.83. The van der Waals surface area contributed by atoms with Crippen LogP contribution in [0.25, 0.3) is 0 Å². The van der Waals surface area contributed by atoms with E-state index in [9.17, 15) is 58.5 Å². The number of alkyl carbamates (subject to hydrolysis) is 3. The van der Waals surface area contributed by atoms with Crippen LogP contribution in [0, 0.1) is 35.0 Å². The number of hydrogen-bond donors (Lipinski definition) is 6. The first-order valence-electron chi connectivity index (χ1n) is 29.9. The maximum Gasteiger partial charge on any atom is 0.429 e. The van der Waals surface area contributed by atoms with Crippen LogP contribution in [0.15, 0.2) is 91.0 Å². The van der Waals surface area contributed by atoms with Gasteiger partial charge < -0.3 is 73.9 Å². The second-order valence-corrected chi connectivity index (χ2v) is 24.1. The molecule has 3 aromatic rings. The molecule has 24 nitrogen and oxygen atoms in total. The molecule has 6 amide bonds. The highest BCUT2D eigenvalue weighted by Crippen LogP contribution is 2.41. The van der Waals surface area contributed by atoms with Crippen LogP contribution in [-0.2, 0) is 76.5 Å². The molecule has 3 aromatic carbocycles. The minimum absolute atomic E-state index is 0.0258. The van der Waals surface area contributed by atoms with Gasteiger partial charge in [-0.25, -0.2) is 24.0 Å². The second kappa shape index (κ2) is 30.3. The van der Waals surface area contributed by atoms with E-state index in [1.54, 1.807) is 124 Å². The Bertz CT molecular complexity index is 2880. The third kappa shape index (κ3) is 17.3. The minimum atomic E-state index is -2.06. The van der Waals surface area contributed by atoms with Gasteiger partial charge in [-0.2, -0.15) is 0 Å². The monoisotopic (exact) mass is 1210 g/mol. The molecule has 87 heavy (non-hydrogen) atoms. The quantitative estimate of drug-likeness (QED) is 0.0353. The number of hydrogen-bond acceptors (Lipinski definition) is 15. The number of rotatable bonds is 27. The Kier molecular flexibility index (Phi) is 23.3. The molecule has 0 saturated carbocycles. The van der Waals surface area contributed by atoms with Crippen LogP contribution in [0.1, 0.15) is 96.8 Å². The van der Waals surface area contributed by atoms with Crippen molar-refractivity contribution < 1.29 is 86.4 Å². The summed E-state index contributed by atoms with van der Waals surface area (Å²) in [4.78, 5) is 124. The number of carboxylic acid groups (broad SMARTS) is 3. The molecule has 468 valence electrons. The van der Waals surface area contributed by atoms with Crippen molar-refractivity contribution in [1.29, 1.82) is 0 Å². The lowest BCUT2D eigenvalue weighted by atomic mass is 9.63. The highest BCUT2D eigenvalue weighted by molar-refractivity contribution is 6.73. The Morgan fingerprint density at radius 3 is 1.18 bits per heavy atom. The van der Waals surface area contributed by atoms with Crippen LogP contribution in [0.4, 0.5) is 14.4 Å². The molecule has 0 unspecified atom stereocenters. The number of aliphatic carboxylic acids is 3. The van der Waals surface area contributed by atoms with E-state index in [-0.39, 0.29) is 121 Å². The maximum atomic E-state index is 14.1. The molecule has 0 aliphatic carbocycles. The lowest BCUT2D eigenvalue weighted by molar-refractivity contribution is -0.150. The van der Waals surface area contributed by atoms with Crippen LogP contribution in [0.3, 0.4) is 0 Å². The molecule has 0 bridgehead atoms. The average molecular weight is 1210 g/mol. The van der Waals surface area contributed by atoms with Gasteiger partial charge in [-0.3, -0.25) is 19.2 Å². The zero-order valence-corrected chi connectivity index (χ0v) is 50.4. The second-order valence-electron chi connectivity index (χ2n) is 24.1. The standard InChI is InChI=1S/C60H81B3N6O18/c1-40(2)49(70)67-31-46(58(6,37-67)52(73)74)25-16-28-61-85-62(29-17-26-47-32-68(50(71)41(3)4)38-59(47,53(75)76)65-56(80)83-35-44-21-12-8-13-22-44)87-63(86-61)30-18-27-48-33-69(51(72)42(5)64-55(79)82-34-43-19-10-7-11-20-43)39-60(48,54(77)78)66-57(81)84-36-45-23-14-9-15-24-45/h7-15,19-24,40-42,46-48H,16-18,25-39H2,1-6H3,(H,64,79)(H,65,80)(H,66,81)(H,73,74)(H,75,76)(H,77,78)/t42-,46-,47-,48-,58+,59-,60-/m0/s1. The maximum absolute atomic E-state index is 14.1.